The van der Waals surface area contributed by atoms with Crippen molar-refractivity contribution in [1.29, 1.82) is 0 Å². The van der Waals surface area contributed by atoms with Gasteiger partial charge in [-0.05, 0) is 38.7 Å². The van der Waals surface area contributed by atoms with E-state index in [0.717, 1.165) is 22.9 Å². The number of aromatic carboxylic acids is 1. The molecular weight excluding hydrogens is 458 g/mol. The molecule has 1 saturated heterocycles. The number of carbonyl (C=O) groups is 1. The van der Waals surface area contributed by atoms with Gasteiger partial charge >= 0.3 is 5.97 Å². The number of pyridine rings is 1. The quantitative estimate of drug-likeness (QED) is 0.548. The SMILES string of the molecule is CN(C)CC1(O)CCN(c2c(F)cc3c(=O)c(C(=O)O)cn(-c4ccc(F)cc4F)c3c2F)C1. The molecular formula is C23H21F4N3O4. The van der Waals surface area contributed by atoms with Crippen molar-refractivity contribution >= 4 is 22.6 Å². The van der Waals surface area contributed by atoms with Crippen LogP contribution in [0.2, 0.25) is 0 Å². The number of hydrogen-bond donors (Lipinski definition) is 2. The Bertz CT molecular complexity index is 1370. The molecule has 1 aliphatic rings. The predicted molar refractivity (Wildman–Crippen MR) is 117 cm³/mol. The number of hydrogen-bond acceptors (Lipinski definition) is 5. The van der Waals surface area contributed by atoms with E-state index in [1.54, 1.807) is 19.0 Å². The second-order valence-electron chi connectivity index (χ2n) is 8.69. The number of fused-ring (bicyclic) bond motifs is 1. The van der Waals surface area contributed by atoms with Crippen LogP contribution in [0.25, 0.3) is 16.6 Å². The average molecular weight is 479 g/mol. The number of anilines is 1. The topological polar surface area (TPSA) is 86.0 Å². The lowest BCUT2D eigenvalue weighted by Gasteiger charge is -2.28. The fourth-order valence-electron chi connectivity index (χ4n) is 4.48. The van der Waals surface area contributed by atoms with Crippen molar-refractivity contribution in [3.63, 3.8) is 0 Å². The number of aromatic nitrogens is 1. The Labute approximate surface area is 191 Å². The highest BCUT2D eigenvalue weighted by Crippen LogP contribution is 2.35. The van der Waals surface area contributed by atoms with Crippen LogP contribution in [-0.4, -0.2) is 65.0 Å². The van der Waals surface area contributed by atoms with Crippen LogP contribution in [0.4, 0.5) is 23.2 Å². The number of rotatable bonds is 5. The van der Waals surface area contributed by atoms with E-state index in [1.165, 1.54) is 4.90 Å². The first-order valence-corrected chi connectivity index (χ1v) is 10.3. The van der Waals surface area contributed by atoms with Gasteiger partial charge in [0.25, 0.3) is 0 Å². The van der Waals surface area contributed by atoms with Crippen molar-refractivity contribution in [1.82, 2.24) is 9.47 Å². The number of nitrogens with zero attached hydrogens (tertiary/aromatic N) is 3. The molecule has 0 radical (unpaired) electrons. The first-order chi connectivity index (χ1) is 15.9. The molecule has 2 heterocycles. The highest BCUT2D eigenvalue weighted by Gasteiger charge is 2.39. The van der Waals surface area contributed by atoms with Gasteiger partial charge in [-0.15, -0.1) is 0 Å². The zero-order valence-electron chi connectivity index (χ0n) is 18.3. The molecule has 1 fully saturated rings. The van der Waals surface area contributed by atoms with Crippen molar-refractivity contribution in [2.45, 2.75) is 12.0 Å². The van der Waals surface area contributed by atoms with Gasteiger partial charge in [0.15, 0.2) is 5.82 Å². The van der Waals surface area contributed by atoms with Crippen molar-refractivity contribution in [2.75, 3.05) is 38.6 Å². The van der Waals surface area contributed by atoms with Crippen molar-refractivity contribution in [3.8, 4) is 5.69 Å². The van der Waals surface area contributed by atoms with Crippen LogP contribution in [0.5, 0.6) is 0 Å². The molecule has 0 aliphatic carbocycles. The van der Waals surface area contributed by atoms with E-state index in [4.69, 9.17) is 0 Å². The van der Waals surface area contributed by atoms with Gasteiger partial charge in [-0.25, -0.2) is 22.4 Å². The number of carboxylic acid groups (broad SMARTS) is 1. The highest BCUT2D eigenvalue weighted by atomic mass is 19.1. The van der Waals surface area contributed by atoms with E-state index in [9.17, 15) is 28.6 Å². The third kappa shape index (κ3) is 4.01. The van der Waals surface area contributed by atoms with Gasteiger partial charge in [-0.3, -0.25) is 4.79 Å². The summed E-state index contributed by atoms with van der Waals surface area (Å²) in [5.41, 5.74) is -4.79. The third-order valence-corrected chi connectivity index (χ3v) is 5.82. The maximum absolute atomic E-state index is 15.9. The molecule has 34 heavy (non-hydrogen) atoms. The predicted octanol–water partition coefficient (Wildman–Crippen LogP) is 2.75. The van der Waals surface area contributed by atoms with E-state index >= 15 is 8.78 Å². The Balaban J connectivity index is 2.00. The van der Waals surface area contributed by atoms with E-state index in [1.807, 2.05) is 0 Å². The minimum absolute atomic E-state index is 0.103. The fraction of sp³-hybridized carbons (Fsp3) is 0.304. The average Bonchev–Trinajstić information content (AvgIpc) is 3.09. The van der Waals surface area contributed by atoms with Gasteiger partial charge in [-0.2, -0.15) is 0 Å². The minimum Gasteiger partial charge on any atom is -0.477 e. The Morgan fingerprint density at radius 1 is 1.15 bits per heavy atom. The standard InChI is InChI=1S/C23H21F4N3O4/c1-28(2)10-23(34)5-6-29(11-23)20-16(26)8-13-19(18(20)27)30(9-14(21(13)31)22(32)33)17-4-3-12(24)7-15(17)25/h3-4,7-9,34H,5-6,10-11H2,1-2H3,(H,32,33). The van der Waals surface area contributed by atoms with Crippen LogP contribution >= 0.6 is 0 Å². The zero-order valence-corrected chi connectivity index (χ0v) is 18.3. The number of carboxylic acids is 1. The molecule has 4 rings (SSSR count). The molecule has 0 saturated carbocycles. The summed E-state index contributed by atoms with van der Waals surface area (Å²) in [6.07, 6.45) is 0.944. The maximum atomic E-state index is 15.9. The number of halogens is 4. The van der Waals surface area contributed by atoms with Crippen LogP contribution in [-0.2, 0) is 0 Å². The van der Waals surface area contributed by atoms with E-state index in [2.05, 4.69) is 0 Å². The fourth-order valence-corrected chi connectivity index (χ4v) is 4.48. The number of likely N-dealkylation sites (N-methyl/N-ethyl adjacent to an activating group) is 1. The molecule has 180 valence electrons. The summed E-state index contributed by atoms with van der Waals surface area (Å²) >= 11 is 0. The Hall–Kier alpha value is -3.44. The third-order valence-electron chi connectivity index (χ3n) is 5.82. The largest absolute Gasteiger partial charge is 0.477 e. The van der Waals surface area contributed by atoms with Gasteiger partial charge in [-0.1, -0.05) is 0 Å². The summed E-state index contributed by atoms with van der Waals surface area (Å²) < 4.78 is 59.8. The Morgan fingerprint density at radius 3 is 2.47 bits per heavy atom. The molecule has 0 bridgehead atoms. The lowest BCUT2D eigenvalue weighted by Crippen LogP contribution is -2.42. The molecule has 1 aliphatic heterocycles. The van der Waals surface area contributed by atoms with E-state index < -0.39 is 68.1 Å². The van der Waals surface area contributed by atoms with Crippen LogP contribution in [0.1, 0.15) is 16.8 Å². The van der Waals surface area contributed by atoms with Gasteiger partial charge in [0, 0.05) is 31.9 Å². The molecule has 1 aromatic heterocycles. The number of aliphatic hydroxyl groups is 1. The summed E-state index contributed by atoms with van der Waals surface area (Å²) in [7, 11) is 3.49. The van der Waals surface area contributed by atoms with Gasteiger partial charge in [0.2, 0.25) is 5.43 Å². The summed E-state index contributed by atoms with van der Waals surface area (Å²) in [6.45, 7) is 0.243. The molecule has 3 aromatic rings. The Morgan fingerprint density at radius 2 is 1.85 bits per heavy atom. The van der Waals surface area contributed by atoms with Gasteiger partial charge < -0.3 is 24.6 Å². The molecule has 7 nitrogen and oxygen atoms in total. The lowest BCUT2D eigenvalue weighted by molar-refractivity contribution is 0.0365. The monoisotopic (exact) mass is 479 g/mol. The minimum atomic E-state index is -1.68. The summed E-state index contributed by atoms with van der Waals surface area (Å²) in [4.78, 5) is 27.3. The molecule has 2 N–H and O–H groups in total. The molecule has 1 atom stereocenters. The summed E-state index contributed by atoms with van der Waals surface area (Å²) in [5.74, 6) is -6.12. The van der Waals surface area contributed by atoms with E-state index in [-0.39, 0.29) is 26.1 Å². The summed E-state index contributed by atoms with van der Waals surface area (Å²) in [6, 6.07) is 3.05. The molecule has 2 aromatic carbocycles. The van der Waals surface area contributed by atoms with Gasteiger partial charge in [0.1, 0.15) is 28.7 Å². The molecule has 0 spiro atoms. The first-order valence-electron chi connectivity index (χ1n) is 10.3. The smallest absolute Gasteiger partial charge is 0.341 e. The van der Waals surface area contributed by atoms with Crippen molar-refractivity contribution in [2.24, 2.45) is 0 Å². The number of benzene rings is 2. The molecule has 11 heteroatoms. The first kappa shape index (κ1) is 23.7. The molecule has 0 amide bonds. The second kappa shape index (κ2) is 8.41. The molecule has 1 unspecified atom stereocenters. The van der Waals surface area contributed by atoms with Crippen LogP contribution in [0, 0.1) is 23.3 Å². The lowest BCUT2D eigenvalue weighted by atomic mass is 10.0. The van der Waals surface area contributed by atoms with Crippen molar-refractivity contribution < 1.29 is 32.6 Å². The van der Waals surface area contributed by atoms with Gasteiger partial charge in [0.05, 0.1) is 22.2 Å². The summed E-state index contributed by atoms with van der Waals surface area (Å²) in [5, 5.41) is 19.6. The van der Waals surface area contributed by atoms with Crippen molar-refractivity contribution in [3.05, 3.63) is 69.5 Å². The van der Waals surface area contributed by atoms with Crippen LogP contribution in [0.15, 0.2) is 35.3 Å². The van der Waals surface area contributed by atoms with E-state index in [0.29, 0.717) is 12.1 Å². The van der Waals surface area contributed by atoms with Crippen LogP contribution < -0.4 is 10.3 Å². The zero-order chi connectivity index (χ0) is 24.9. The number of β-amino-alcohol motifs (C(OH)–C–C–N with tert-alkyl or cyclic N) is 1. The normalized spacial score (nSPS) is 18.3. The Kier molecular flexibility index (Phi) is 5.86. The highest BCUT2D eigenvalue weighted by molar-refractivity contribution is 5.94. The van der Waals surface area contributed by atoms with Crippen LogP contribution in [0.3, 0.4) is 0 Å². The maximum Gasteiger partial charge on any atom is 0.341 e. The second-order valence-corrected chi connectivity index (χ2v) is 8.69.